The van der Waals surface area contributed by atoms with E-state index in [1.165, 1.54) is 25.0 Å². The first-order valence-corrected chi connectivity index (χ1v) is 9.49. The minimum absolute atomic E-state index is 0. The maximum Gasteiger partial charge on any atom is 0.193 e. The van der Waals surface area contributed by atoms with Crippen LogP contribution in [-0.4, -0.2) is 46.8 Å². The van der Waals surface area contributed by atoms with Gasteiger partial charge < -0.3 is 10.2 Å². The van der Waals surface area contributed by atoms with Crippen molar-refractivity contribution in [2.75, 3.05) is 26.2 Å². The van der Waals surface area contributed by atoms with Crippen LogP contribution in [0, 0.1) is 11.7 Å². The van der Waals surface area contributed by atoms with Crippen molar-refractivity contribution < 1.29 is 4.39 Å². The van der Waals surface area contributed by atoms with E-state index in [1.807, 2.05) is 12.3 Å². The molecule has 1 aromatic heterocycles. The number of guanidine groups is 1. The second-order valence-corrected chi connectivity index (χ2v) is 6.91. The summed E-state index contributed by atoms with van der Waals surface area (Å²) in [5.74, 6) is 1.49. The number of halogens is 2. The summed E-state index contributed by atoms with van der Waals surface area (Å²) >= 11 is 0. The standard InChI is InChI=1S/C20H28FN5.HI/c1-3-22-20(25-13-4-5-16(2)15-25)23-12-10-18-11-14-26(24-18)19-8-6-17(21)7-9-19;/h6-9,11,14,16H,3-5,10,12-13,15H2,1-2H3,(H,22,23);1H. The lowest BCUT2D eigenvalue weighted by Gasteiger charge is -2.33. The number of nitrogens with one attached hydrogen (secondary N) is 1. The van der Waals surface area contributed by atoms with Crippen LogP contribution in [0.1, 0.15) is 32.4 Å². The van der Waals surface area contributed by atoms with Gasteiger partial charge in [-0.2, -0.15) is 5.10 Å². The first kappa shape index (κ1) is 21.7. The summed E-state index contributed by atoms with van der Waals surface area (Å²) in [4.78, 5) is 7.16. The van der Waals surface area contributed by atoms with Gasteiger partial charge in [0.15, 0.2) is 5.96 Å². The Hall–Kier alpha value is -1.64. The highest BCUT2D eigenvalue weighted by molar-refractivity contribution is 14.0. The summed E-state index contributed by atoms with van der Waals surface area (Å²) in [5.41, 5.74) is 1.85. The molecule has 0 aliphatic carbocycles. The number of aliphatic imine (C=N–C) groups is 1. The second-order valence-electron chi connectivity index (χ2n) is 6.91. The average Bonchev–Trinajstić information content (AvgIpc) is 3.10. The Morgan fingerprint density at radius 1 is 1.30 bits per heavy atom. The third-order valence-electron chi connectivity index (χ3n) is 4.66. The van der Waals surface area contributed by atoms with Gasteiger partial charge in [0.1, 0.15) is 5.82 Å². The Kier molecular flexibility index (Phi) is 8.53. The number of aromatic nitrogens is 2. The highest BCUT2D eigenvalue weighted by atomic mass is 127. The molecule has 5 nitrogen and oxygen atoms in total. The molecular weight excluding hydrogens is 456 g/mol. The summed E-state index contributed by atoms with van der Waals surface area (Å²) in [6.45, 7) is 8.14. The maximum atomic E-state index is 13.0. The van der Waals surface area contributed by atoms with Crippen LogP contribution in [0.3, 0.4) is 0 Å². The Balaban J connectivity index is 0.00000261. The molecule has 0 radical (unpaired) electrons. The quantitative estimate of drug-likeness (QED) is 0.398. The number of rotatable bonds is 5. The molecule has 2 heterocycles. The van der Waals surface area contributed by atoms with Crippen LogP contribution in [0.15, 0.2) is 41.5 Å². The van der Waals surface area contributed by atoms with Crippen LogP contribution in [0.5, 0.6) is 0 Å². The minimum atomic E-state index is -0.238. The molecular formula is C20H29FIN5. The monoisotopic (exact) mass is 485 g/mol. The molecule has 0 amide bonds. The molecule has 0 spiro atoms. The zero-order valence-electron chi connectivity index (χ0n) is 16.1. The van der Waals surface area contributed by atoms with E-state index in [-0.39, 0.29) is 29.8 Å². The molecule has 2 aromatic rings. The molecule has 1 aliphatic heterocycles. The lowest BCUT2D eigenvalue weighted by Crippen LogP contribution is -2.46. The van der Waals surface area contributed by atoms with Gasteiger partial charge in [-0.05, 0) is 56.0 Å². The third-order valence-corrected chi connectivity index (χ3v) is 4.66. The van der Waals surface area contributed by atoms with Gasteiger partial charge in [-0.15, -0.1) is 24.0 Å². The molecule has 7 heteroatoms. The van der Waals surface area contributed by atoms with Crippen LogP contribution in [0.4, 0.5) is 4.39 Å². The van der Waals surface area contributed by atoms with Crippen molar-refractivity contribution in [1.29, 1.82) is 0 Å². The molecule has 148 valence electrons. The van der Waals surface area contributed by atoms with Crippen molar-refractivity contribution in [1.82, 2.24) is 20.0 Å². The molecule has 27 heavy (non-hydrogen) atoms. The molecule has 1 aromatic carbocycles. The van der Waals surface area contributed by atoms with Crippen molar-refractivity contribution >= 4 is 29.9 Å². The van der Waals surface area contributed by atoms with Gasteiger partial charge in [0.25, 0.3) is 0 Å². The Morgan fingerprint density at radius 2 is 2.07 bits per heavy atom. The van der Waals surface area contributed by atoms with Gasteiger partial charge in [0.2, 0.25) is 0 Å². The first-order valence-electron chi connectivity index (χ1n) is 9.49. The van der Waals surface area contributed by atoms with Gasteiger partial charge in [0.05, 0.1) is 11.4 Å². The van der Waals surface area contributed by atoms with Crippen LogP contribution in [0.25, 0.3) is 5.69 Å². The topological polar surface area (TPSA) is 45.5 Å². The number of benzene rings is 1. The molecule has 1 saturated heterocycles. The Bertz CT molecular complexity index is 728. The third kappa shape index (κ3) is 6.19. The van der Waals surface area contributed by atoms with Gasteiger partial charge in [-0.1, -0.05) is 6.92 Å². The summed E-state index contributed by atoms with van der Waals surface area (Å²) in [6, 6.07) is 8.34. The maximum absolute atomic E-state index is 13.0. The number of hydrogen-bond donors (Lipinski definition) is 1. The van der Waals surface area contributed by atoms with Crippen LogP contribution >= 0.6 is 24.0 Å². The summed E-state index contributed by atoms with van der Waals surface area (Å²) < 4.78 is 14.8. The molecule has 0 bridgehead atoms. The van der Waals surface area contributed by atoms with E-state index in [9.17, 15) is 4.39 Å². The largest absolute Gasteiger partial charge is 0.357 e. The first-order chi connectivity index (χ1) is 12.7. The molecule has 3 rings (SSSR count). The normalized spacial score (nSPS) is 17.5. The van der Waals surface area contributed by atoms with E-state index in [0.717, 1.165) is 49.3 Å². The summed E-state index contributed by atoms with van der Waals surface area (Å²) in [6.07, 6.45) is 5.22. The lowest BCUT2D eigenvalue weighted by atomic mass is 10.0. The SMILES string of the molecule is CCNC(=NCCc1ccn(-c2ccc(F)cc2)n1)N1CCCC(C)C1.I. The molecule has 0 saturated carbocycles. The fraction of sp³-hybridized carbons (Fsp3) is 0.500. The fourth-order valence-electron chi connectivity index (χ4n) is 3.32. The van der Waals surface area contributed by atoms with E-state index in [1.54, 1.807) is 16.8 Å². The van der Waals surface area contributed by atoms with Crippen molar-refractivity contribution in [3.05, 3.63) is 48.0 Å². The molecule has 1 unspecified atom stereocenters. The van der Waals surface area contributed by atoms with Crippen molar-refractivity contribution in [3.8, 4) is 5.69 Å². The second kappa shape index (κ2) is 10.6. The van der Waals surface area contributed by atoms with Crippen molar-refractivity contribution in [3.63, 3.8) is 0 Å². The van der Waals surface area contributed by atoms with Crippen molar-refractivity contribution in [2.24, 2.45) is 10.9 Å². The minimum Gasteiger partial charge on any atom is -0.357 e. The summed E-state index contributed by atoms with van der Waals surface area (Å²) in [7, 11) is 0. The van der Waals surface area contributed by atoms with Gasteiger partial charge >= 0.3 is 0 Å². The molecule has 1 aliphatic rings. The zero-order chi connectivity index (χ0) is 18.4. The van der Waals surface area contributed by atoms with E-state index >= 15 is 0 Å². The van der Waals surface area contributed by atoms with Crippen molar-refractivity contribution in [2.45, 2.75) is 33.1 Å². The fourth-order valence-corrected chi connectivity index (χ4v) is 3.32. The van der Waals surface area contributed by atoms with E-state index in [4.69, 9.17) is 4.99 Å². The predicted octanol–water partition coefficient (Wildman–Crippen LogP) is 3.87. The number of nitrogens with zero attached hydrogens (tertiary/aromatic N) is 4. The number of hydrogen-bond acceptors (Lipinski definition) is 2. The van der Waals surface area contributed by atoms with E-state index < -0.39 is 0 Å². The van der Waals surface area contributed by atoms with Gasteiger partial charge in [0, 0.05) is 38.8 Å². The number of piperidine rings is 1. The molecule has 1 fully saturated rings. The average molecular weight is 485 g/mol. The molecule has 1 atom stereocenters. The molecule has 1 N–H and O–H groups in total. The highest BCUT2D eigenvalue weighted by Gasteiger charge is 2.18. The Labute approximate surface area is 178 Å². The smallest absolute Gasteiger partial charge is 0.193 e. The number of likely N-dealkylation sites (tertiary alicyclic amines) is 1. The lowest BCUT2D eigenvalue weighted by molar-refractivity contribution is 0.266. The van der Waals surface area contributed by atoms with E-state index in [0.29, 0.717) is 6.54 Å². The van der Waals surface area contributed by atoms with Gasteiger partial charge in [-0.3, -0.25) is 4.99 Å². The highest BCUT2D eigenvalue weighted by Crippen LogP contribution is 2.15. The predicted molar refractivity (Wildman–Crippen MR) is 119 cm³/mol. The van der Waals surface area contributed by atoms with E-state index in [2.05, 4.69) is 29.2 Å². The van der Waals surface area contributed by atoms with Crippen LogP contribution in [0.2, 0.25) is 0 Å². The summed E-state index contributed by atoms with van der Waals surface area (Å²) in [5, 5.41) is 7.98. The van der Waals surface area contributed by atoms with Gasteiger partial charge in [-0.25, -0.2) is 9.07 Å². The Morgan fingerprint density at radius 3 is 2.78 bits per heavy atom. The zero-order valence-corrected chi connectivity index (χ0v) is 18.4. The van der Waals surface area contributed by atoms with Crippen LogP contribution < -0.4 is 5.32 Å². The van der Waals surface area contributed by atoms with Crippen LogP contribution in [-0.2, 0) is 6.42 Å².